The fraction of sp³-hybridized carbons (Fsp3) is 0.643. The van der Waals surface area contributed by atoms with Gasteiger partial charge in [0.25, 0.3) is 5.91 Å². The number of carbonyl (C=O) groups excluding carboxylic acids is 1. The van der Waals surface area contributed by atoms with Crippen molar-refractivity contribution < 1.29 is 4.79 Å². The van der Waals surface area contributed by atoms with Crippen LogP contribution in [0.15, 0.2) is 6.07 Å². The van der Waals surface area contributed by atoms with Gasteiger partial charge in [-0.1, -0.05) is 13.8 Å². The summed E-state index contributed by atoms with van der Waals surface area (Å²) in [7, 11) is 0. The summed E-state index contributed by atoms with van der Waals surface area (Å²) in [6.45, 7) is 11.0. The van der Waals surface area contributed by atoms with Crippen molar-refractivity contribution in [3.63, 3.8) is 0 Å². The van der Waals surface area contributed by atoms with Gasteiger partial charge in [0.1, 0.15) is 4.88 Å². The highest BCUT2D eigenvalue weighted by atomic mass is 32.1. The molecule has 1 aromatic rings. The van der Waals surface area contributed by atoms with Gasteiger partial charge in [-0.2, -0.15) is 0 Å². The number of amides is 1. The third-order valence-electron chi connectivity index (χ3n) is 3.15. The van der Waals surface area contributed by atoms with E-state index in [0.29, 0.717) is 17.1 Å². The molecule has 0 aromatic carbocycles. The maximum atomic E-state index is 11.8. The van der Waals surface area contributed by atoms with Gasteiger partial charge in [0.05, 0.1) is 10.7 Å². The molecule has 20 heavy (non-hydrogen) atoms. The average molecular weight is 298 g/mol. The van der Waals surface area contributed by atoms with Crippen LogP contribution >= 0.6 is 11.3 Å². The fourth-order valence-electron chi connectivity index (χ4n) is 1.96. The molecule has 1 aromatic heterocycles. The Morgan fingerprint density at radius 1 is 1.35 bits per heavy atom. The van der Waals surface area contributed by atoms with Crippen molar-refractivity contribution in [3.05, 3.63) is 10.9 Å². The highest BCUT2D eigenvalue weighted by Gasteiger charge is 2.13. The van der Waals surface area contributed by atoms with Crippen LogP contribution in [0.4, 0.5) is 10.7 Å². The fourth-order valence-corrected chi connectivity index (χ4v) is 2.89. The van der Waals surface area contributed by atoms with Gasteiger partial charge in [-0.25, -0.2) is 0 Å². The number of nitrogens with zero attached hydrogens (tertiary/aromatic N) is 1. The molecule has 1 amide bonds. The van der Waals surface area contributed by atoms with Gasteiger partial charge in [-0.05, 0) is 39.0 Å². The van der Waals surface area contributed by atoms with Crippen molar-refractivity contribution in [2.24, 2.45) is 0 Å². The van der Waals surface area contributed by atoms with Crippen molar-refractivity contribution in [3.8, 4) is 0 Å². The Labute approximate surface area is 125 Å². The van der Waals surface area contributed by atoms with Crippen LogP contribution in [-0.4, -0.2) is 43.5 Å². The Bertz CT molecular complexity index is 415. The van der Waals surface area contributed by atoms with E-state index in [2.05, 4.69) is 29.4 Å². The van der Waals surface area contributed by atoms with Gasteiger partial charge in [0, 0.05) is 13.1 Å². The van der Waals surface area contributed by atoms with E-state index in [1.165, 1.54) is 11.3 Å². The maximum absolute atomic E-state index is 11.8. The molecule has 0 aliphatic carbocycles. The summed E-state index contributed by atoms with van der Waals surface area (Å²) in [6, 6.07) is 1.84. The summed E-state index contributed by atoms with van der Waals surface area (Å²) in [5.74, 6) is -0.0915. The van der Waals surface area contributed by atoms with Crippen molar-refractivity contribution in [2.75, 3.05) is 43.8 Å². The third kappa shape index (κ3) is 5.02. The van der Waals surface area contributed by atoms with E-state index in [9.17, 15) is 4.79 Å². The second-order valence-corrected chi connectivity index (χ2v) is 5.61. The lowest BCUT2D eigenvalue weighted by Crippen LogP contribution is -2.25. The summed E-state index contributed by atoms with van der Waals surface area (Å²) < 4.78 is 0. The first-order valence-electron chi connectivity index (χ1n) is 7.26. The van der Waals surface area contributed by atoms with Crippen LogP contribution in [-0.2, 0) is 0 Å². The predicted octanol–water partition coefficient (Wildman–Crippen LogP) is 2.22. The Morgan fingerprint density at radius 3 is 2.65 bits per heavy atom. The van der Waals surface area contributed by atoms with Gasteiger partial charge in [0.15, 0.2) is 0 Å². The first kappa shape index (κ1) is 16.8. The number of thiophene rings is 1. The van der Waals surface area contributed by atoms with Crippen LogP contribution < -0.4 is 16.4 Å². The average Bonchev–Trinajstić information content (AvgIpc) is 2.80. The van der Waals surface area contributed by atoms with Crippen LogP contribution in [0.1, 0.15) is 36.9 Å². The number of nitrogens with one attached hydrogen (secondary N) is 2. The summed E-state index contributed by atoms with van der Waals surface area (Å²) in [4.78, 5) is 14.7. The Balaban J connectivity index is 2.41. The van der Waals surface area contributed by atoms with E-state index in [1.807, 2.05) is 13.0 Å². The van der Waals surface area contributed by atoms with Crippen LogP contribution in [0.3, 0.4) is 0 Å². The predicted molar refractivity (Wildman–Crippen MR) is 87.6 cm³/mol. The normalized spacial score (nSPS) is 10.8. The summed E-state index contributed by atoms with van der Waals surface area (Å²) in [5.41, 5.74) is 6.42. The summed E-state index contributed by atoms with van der Waals surface area (Å²) in [5, 5.41) is 7.07. The molecule has 0 atom stereocenters. The number of rotatable bonds is 9. The van der Waals surface area contributed by atoms with Gasteiger partial charge in [-0.3, -0.25) is 4.79 Å². The molecular weight excluding hydrogens is 272 g/mol. The number of anilines is 2. The van der Waals surface area contributed by atoms with E-state index in [0.717, 1.165) is 37.6 Å². The number of nitrogens with two attached hydrogens (primary N) is 1. The van der Waals surface area contributed by atoms with Crippen molar-refractivity contribution in [1.29, 1.82) is 0 Å². The van der Waals surface area contributed by atoms with Crippen LogP contribution in [0.5, 0.6) is 0 Å². The van der Waals surface area contributed by atoms with Crippen LogP contribution in [0, 0.1) is 0 Å². The lowest BCUT2D eigenvalue weighted by atomic mass is 10.3. The van der Waals surface area contributed by atoms with Gasteiger partial charge >= 0.3 is 0 Å². The minimum atomic E-state index is -0.0915. The second kappa shape index (κ2) is 8.81. The van der Waals surface area contributed by atoms with E-state index in [-0.39, 0.29) is 5.91 Å². The van der Waals surface area contributed by atoms with E-state index < -0.39 is 0 Å². The molecule has 6 heteroatoms. The summed E-state index contributed by atoms with van der Waals surface area (Å²) >= 11 is 1.42. The number of hydrogen-bond donors (Lipinski definition) is 3. The highest BCUT2D eigenvalue weighted by molar-refractivity contribution is 7.18. The van der Waals surface area contributed by atoms with E-state index in [4.69, 9.17) is 5.73 Å². The van der Waals surface area contributed by atoms with Crippen molar-refractivity contribution in [1.82, 2.24) is 10.2 Å². The molecule has 1 rings (SSSR count). The monoisotopic (exact) mass is 298 g/mol. The molecule has 0 aliphatic rings. The quantitative estimate of drug-likeness (QED) is 0.611. The van der Waals surface area contributed by atoms with E-state index >= 15 is 0 Å². The van der Waals surface area contributed by atoms with Crippen molar-refractivity contribution >= 4 is 27.9 Å². The minimum Gasteiger partial charge on any atom is -0.397 e. The molecule has 0 aliphatic heterocycles. The Hall–Kier alpha value is -1.27. The molecule has 114 valence electrons. The molecule has 1 heterocycles. The Kier molecular flexibility index (Phi) is 7.40. The third-order valence-corrected chi connectivity index (χ3v) is 4.26. The second-order valence-electron chi connectivity index (χ2n) is 4.56. The van der Waals surface area contributed by atoms with Crippen LogP contribution in [0.2, 0.25) is 0 Å². The van der Waals surface area contributed by atoms with Gasteiger partial charge < -0.3 is 21.3 Å². The van der Waals surface area contributed by atoms with E-state index in [1.54, 1.807) is 0 Å². The highest BCUT2D eigenvalue weighted by Crippen LogP contribution is 2.28. The standard InChI is InChI=1S/C14H26N4OS/c1-4-16-14(19)13-11(15)10-12(20-13)17-8-7-9-18(5-2)6-3/h10,17H,4-9,15H2,1-3H3,(H,16,19). The number of nitrogen functional groups attached to an aromatic ring is 1. The molecule has 0 fully saturated rings. The van der Waals surface area contributed by atoms with Gasteiger partial charge in [-0.15, -0.1) is 11.3 Å². The minimum absolute atomic E-state index is 0.0915. The molecule has 0 saturated carbocycles. The number of hydrogen-bond acceptors (Lipinski definition) is 5. The molecule has 5 nitrogen and oxygen atoms in total. The molecular formula is C14H26N4OS. The lowest BCUT2D eigenvalue weighted by Gasteiger charge is -2.17. The zero-order valence-electron chi connectivity index (χ0n) is 12.7. The van der Waals surface area contributed by atoms with Crippen molar-refractivity contribution in [2.45, 2.75) is 27.2 Å². The lowest BCUT2D eigenvalue weighted by molar-refractivity contribution is 0.0960. The van der Waals surface area contributed by atoms with Gasteiger partial charge in [0.2, 0.25) is 0 Å². The Morgan fingerprint density at radius 2 is 2.05 bits per heavy atom. The topological polar surface area (TPSA) is 70.4 Å². The molecule has 0 unspecified atom stereocenters. The smallest absolute Gasteiger partial charge is 0.263 e. The molecule has 0 radical (unpaired) electrons. The molecule has 0 saturated heterocycles. The molecule has 0 bridgehead atoms. The number of carbonyl (C=O) groups is 1. The summed E-state index contributed by atoms with van der Waals surface area (Å²) in [6.07, 6.45) is 1.08. The first-order valence-corrected chi connectivity index (χ1v) is 8.07. The zero-order valence-corrected chi connectivity index (χ0v) is 13.5. The molecule has 0 spiro atoms. The largest absolute Gasteiger partial charge is 0.397 e. The molecule has 4 N–H and O–H groups in total. The van der Waals surface area contributed by atoms with Crippen LogP contribution in [0.25, 0.3) is 0 Å². The zero-order chi connectivity index (χ0) is 15.0. The first-order chi connectivity index (χ1) is 9.62. The SMILES string of the molecule is CCNC(=O)c1sc(NCCCN(CC)CC)cc1N. The maximum Gasteiger partial charge on any atom is 0.263 e.